The van der Waals surface area contributed by atoms with Crippen molar-refractivity contribution in [2.45, 2.75) is 38.5 Å². The maximum absolute atomic E-state index is 12.6. The van der Waals surface area contributed by atoms with Crippen molar-refractivity contribution in [3.8, 4) is 0 Å². The lowest BCUT2D eigenvalue weighted by molar-refractivity contribution is -0.119. The van der Waals surface area contributed by atoms with Crippen molar-refractivity contribution in [3.63, 3.8) is 0 Å². The van der Waals surface area contributed by atoms with Crippen molar-refractivity contribution >= 4 is 22.5 Å². The van der Waals surface area contributed by atoms with Crippen molar-refractivity contribution in [3.05, 3.63) is 36.5 Å². The number of anilines is 1. The molecule has 3 rings (SSSR count). The Kier molecular flexibility index (Phi) is 4.18. The van der Waals surface area contributed by atoms with Crippen LogP contribution in [0.2, 0.25) is 0 Å². The van der Waals surface area contributed by atoms with E-state index in [0.29, 0.717) is 12.3 Å². The van der Waals surface area contributed by atoms with Gasteiger partial charge in [-0.2, -0.15) is 0 Å². The normalized spacial score (nSPS) is 16.0. The highest BCUT2D eigenvalue weighted by Crippen LogP contribution is 2.29. The first-order chi connectivity index (χ1) is 10.3. The zero-order chi connectivity index (χ0) is 14.7. The van der Waals surface area contributed by atoms with Gasteiger partial charge in [-0.25, -0.2) is 0 Å². The van der Waals surface area contributed by atoms with Crippen LogP contribution in [0.15, 0.2) is 36.5 Å². The molecule has 1 aliphatic carbocycles. The second-order valence-corrected chi connectivity index (χ2v) is 6.01. The van der Waals surface area contributed by atoms with Crippen LogP contribution in [0.4, 0.5) is 5.69 Å². The van der Waals surface area contributed by atoms with Gasteiger partial charge < -0.3 is 4.90 Å². The van der Waals surface area contributed by atoms with Crippen LogP contribution in [0.5, 0.6) is 0 Å². The molecule has 0 atom stereocenters. The van der Waals surface area contributed by atoms with Crippen LogP contribution < -0.4 is 4.90 Å². The SMILES string of the molecule is CN(C(=O)CC1CCCCC1)c1cccc2ncccc12. The fourth-order valence-electron chi connectivity index (χ4n) is 3.29. The Morgan fingerprint density at radius 2 is 2.00 bits per heavy atom. The molecule has 1 amide bonds. The third kappa shape index (κ3) is 3.07. The lowest BCUT2D eigenvalue weighted by Gasteiger charge is -2.25. The predicted molar refractivity (Wildman–Crippen MR) is 86.3 cm³/mol. The van der Waals surface area contributed by atoms with Crippen LogP contribution in [0.1, 0.15) is 38.5 Å². The monoisotopic (exact) mass is 282 g/mol. The molecule has 2 aromatic rings. The molecule has 1 heterocycles. The molecule has 0 saturated heterocycles. The molecule has 3 nitrogen and oxygen atoms in total. The van der Waals surface area contributed by atoms with Gasteiger partial charge in [-0.3, -0.25) is 9.78 Å². The van der Waals surface area contributed by atoms with Crippen LogP contribution in [0, 0.1) is 5.92 Å². The molecule has 1 aromatic carbocycles. The smallest absolute Gasteiger partial charge is 0.227 e. The van der Waals surface area contributed by atoms with Crippen LogP contribution in [-0.2, 0) is 4.79 Å². The zero-order valence-corrected chi connectivity index (χ0v) is 12.6. The average Bonchev–Trinajstić information content (AvgIpc) is 2.54. The van der Waals surface area contributed by atoms with Crippen molar-refractivity contribution in [1.29, 1.82) is 0 Å². The number of aromatic nitrogens is 1. The third-order valence-electron chi connectivity index (χ3n) is 4.55. The summed E-state index contributed by atoms with van der Waals surface area (Å²) >= 11 is 0. The number of amides is 1. The third-order valence-corrected chi connectivity index (χ3v) is 4.55. The summed E-state index contributed by atoms with van der Waals surface area (Å²) in [5, 5.41) is 1.04. The number of hydrogen-bond acceptors (Lipinski definition) is 2. The standard InChI is InChI=1S/C18H22N2O/c1-20(18(21)13-14-7-3-2-4-8-14)17-11-5-10-16-15(17)9-6-12-19-16/h5-6,9-12,14H,2-4,7-8,13H2,1H3. The summed E-state index contributed by atoms with van der Waals surface area (Å²) in [6.07, 6.45) is 8.76. The number of carbonyl (C=O) groups excluding carboxylic acids is 1. The summed E-state index contributed by atoms with van der Waals surface area (Å²) in [5.41, 5.74) is 1.90. The molecule has 3 heteroatoms. The van der Waals surface area contributed by atoms with E-state index in [9.17, 15) is 4.79 Å². The molecule has 0 radical (unpaired) electrons. The van der Waals surface area contributed by atoms with Crippen LogP contribution in [0.25, 0.3) is 10.9 Å². The molecule has 21 heavy (non-hydrogen) atoms. The quantitative estimate of drug-likeness (QED) is 0.846. The van der Waals surface area contributed by atoms with Gasteiger partial charge in [0, 0.05) is 25.1 Å². The Balaban J connectivity index is 1.79. The molecule has 1 fully saturated rings. The zero-order valence-electron chi connectivity index (χ0n) is 12.6. The van der Waals surface area contributed by atoms with Gasteiger partial charge in [0.1, 0.15) is 0 Å². The van der Waals surface area contributed by atoms with Crippen LogP contribution >= 0.6 is 0 Å². The van der Waals surface area contributed by atoms with Crippen LogP contribution in [-0.4, -0.2) is 17.9 Å². The lowest BCUT2D eigenvalue weighted by atomic mass is 9.86. The number of rotatable bonds is 3. The van der Waals surface area contributed by atoms with E-state index in [1.165, 1.54) is 32.1 Å². The molecular formula is C18H22N2O. The summed E-state index contributed by atoms with van der Waals surface area (Å²) < 4.78 is 0. The van der Waals surface area contributed by atoms with Crippen molar-refractivity contribution in [1.82, 2.24) is 4.98 Å². The van der Waals surface area contributed by atoms with E-state index >= 15 is 0 Å². The topological polar surface area (TPSA) is 33.2 Å². The Hall–Kier alpha value is -1.90. The molecule has 0 N–H and O–H groups in total. The van der Waals surface area contributed by atoms with E-state index in [4.69, 9.17) is 0 Å². The van der Waals surface area contributed by atoms with Gasteiger partial charge in [-0.1, -0.05) is 25.3 Å². The molecule has 0 spiro atoms. The maximum atomic E-state index is 12.6. The van der Waals surface area contributed by atoms with Crippen molar-refractivity contribution in [2.75, 3.05) is 11.9 Å². The summed E-state index contributed by atoms with van der Waals surface area (Å²) in [5.74, 6) is 0.792. The molecular weight excluding hydrogens is 260 g/mol. The fourth-order valence-corrected chi connectivity index (χ4v) is 3.29. The van der Waals surface area contributed by atoms with E-state index < -0.39 is 0 Å². The number of benzene rings is 1. The minimum absolute atomic E-state index is 0.221. The van der Waals surface area contributed by atoms with Crippen molar-refractivity contribution in [2.24, 2.45) is 5.92 Å². The van der Waals surface area contributed by atoms with E-state index in [-0.39, 0.29) is 5.91 Å². The van der Waals surface area contributed by atoms with Gasteiger partial charge in [0.05, 0.1) is 11.2 Å². The van der Waals surface area contributed by atoms with E-state index in [1.54, 1.807) is 11.1 Å². The number of hydrogen-bond donors (Lipinski definition) is 0. The van der Waals surface area contributed by atoms with E-state index in [1.807, 2.05) is 37.4 Å². The van der Waals surface area contributed by atoms with Gasteiger partial charge in [-0.05, 0) is 43.0 Å². The first kappa shape index (κ1) is 14.1. The Morgan fingerprint density at radius 3 is 2.81 bits per heavy atom. The first-order valence-corrected chi connectivity index (χ1v) is 7.86. The highest BCUT2D eigenvalue weighted by Gasteiger charge is 2.20. The van der Waals surface area contributed by atoms with Crippen molar-refractivity contribution < 1.29 is 4.79 Å². The number of pyridine rings is 1. The largest absolute Gasteiger partial charge is 0.315 e. The number of carbonyl (C=O) groups is 1. The lowest BCUT2D eigenvalue weighted by Crippen LogP contribution is -2.28. The highest BCUT2D eigenvalue weighted by molar-refractivity contribution is 6.02. The van der Waals surface area contributed by atoms with Gasteiger partial charge in [0.15, 0.2) is 0 Å². The Morgan fingerprint density at radius 1 is 1.19 bits per heavy atom. The van der Waals surface area contributed by atoms with E-state index in [0.717, 1.165) is 16.6 Å². The second kappa shape index (κ2) is 6.25. The minimum atomic E-state index is 0.221. The molecule has 1 aromatic heterocycles. The maximum Gasteiger partial charge on any atom is 0.227 e. The minimum Gasteiger partial charge on any atom is -0.315 e. The summed E-state index contributed by atoms with van der Waals surface area (Å²) in [4.78, 5) is 18.7. The highest BCUT2D eigenvalue weighted by atomic mass is 16.2. The summed E-state index contributed by atoms with van der Waals surface area (Å²) in [6.45, 7) is 0. The Bertz CT molecular complexity index is 627. The molecule has 0 unspecified atom stereocenters. The Labute approximate surface area is 126 Å². The first-order valence-electron chi connectivity index (χ1n) is 7.86. The van der Waals surface area contributed by atoms with Gasteiger partial charge in [-0.15, -0.1) is 0 Å². The van der Waals surface area contributed by atoms with Gasteiger partial charge in [0.2, 0.25) is 5.91 Å². The molecule has 0 aliphatic heterocycles. The summed E-state index contributed by atoms with van der Waals surface area (Å²) in [6, 6.07) is 9.91. The van der Waals surface area contributed by atoms with Gasteiger partial charge >= 0.3 is 0 Å². The molecule has 0 bridgehead atoms. The predicted octanol–water partition coefficient (Wildman–Crippen LogP) is 4.17. The van der Waals surface area contributed by atoms with E-state index in [2.05, 4.69) is 4.98 Å². The molecule has 110 valence electrons. The van der Waals surface area contributed by atoms with Crippen LogP contribution in [0.3, 0.4) is 0 Å². The molecule has 1 aliphatic rings. The average molecular weight is 282 g/mol. The summed E-state index contributed by atoms with van der Waals surface area (Å²) in [7, 11) is 1.88. The number of nitrogens with zero attached hydrogens (tertiary/aromatic N) is 2. The molecule has 1 saturated carbocycles. The number of fused-ring (bicyclic) bond motifs is 1. The van der Waals surface area contributed by atoms with Gasteiger partial charge in [0.25, 0.3) is 0 Å². The second-order valence-electron chi connectivity index (χ2n) is 6.01. The fraction of sp³-hybridized carbons (Fsp3) is 0.444.